The van der Waals surface area contributed by atoms with Crippen molar-refractivity contribution in [2.45, 2.75) is 20.0 Å². The van der Waals surface area contributed by atoms with Crippen molar-refractivity contribution in [3.05, 3.63) is 57.9 Å². The Morgan fingerprint density at radius 1 is 1.22 bits per heavy atom. The third-order valence-corrected chi connectivity index (χ3v) is 8.10. The number of hydrogen-bond acceptors (Lipinski definition) is 7. The zero-order valence-electron chi connectivity index (χ0n) is 17.9. The van der Waals surface area contributed by atoms with Crippen molar-refractivity contribution in [1.82, 2.24) is 19.8 Å². The lowest BCUT2D eigenvalue weighted by atomic mass is 9.82. The van der Waals surface area contributed by atoms with E-state index in [1.807, 2.05) is 25.3 Å². The molecule has 32 heavy (non-hydrogen) atoms. The normalized spacial score (nSPS) is 23.2. The van der Waals surface area contributed by atoms with Gasteiger partial charge >= 0.3 is 0 Å². The Bertz CT molecular complexity index is 1090. The molecule has 0 bridgehead atoms. The van der Waals surface area contributed by atoms with Crippen LogP contribution >= 0.6 is 22.9 Å². The molecule has 0 aliphatic carbocycles. The molecular formula is C23H27ClN4O3S. The van der Waals surface area contributed by atoms with Gasteiger partial charge in [0.15, 0.2) is 0 Å². The standard InChI is InChI=1S/C22H25ClN4OS.CH2O2/c1-15-24-7-6-17(25-15)10-26-8-16-9-27(13-22(16,12-26)14-28)11-20-21(23)18-4-2-3-5-19(18)29-20;2-1-3/h2-7,16,28H,8-14H2,1H3;1H,(H,2,3). The third kappa shape index (κ3) is 4.65. The van der Waals surface area contributed by atoms with Crippen molar-refractivity contribution in [2.24, 2.45) is 11.3 Å². The van der Waals surface area contributed by atoms with E-state index in [9.17, 15) is 5.11 Å². The molecule has 0 radical (unpaired) electrons. The van der Waals surface area contributed by atoms with Crippen LogP contribution in [0, 0.1) is 18.3 Å². The maximum absolute atomic E-state index is 10.3. The molecule has 5 rings (SSSR count). The van der Waals surface area contributed by atoms with E-state index in [2.05, 4.69) is 38.0 Å². The molecule has 2 atom stereocenters. The smallest absolute Gasteiger partial charge is 0.290 e. The number of hydrogen-bond donors (Lipinski definition) is 2. The first-order valence-corrected chi connectivity index (χ1v) is 11.8. The van der Waals surface area contributed by atoms with Crippen molar-refractivity contribution in [2.75, 3.05) is 32.8 Å². The number of carboxylic acid groups (broad SMARTS) is 1. The highest BCUT2D eigenvalue weighted by atomic mass is 35.5. The van der Waals surface area contributed by atoms with Gasteiger partial charge in [-0.1, -0.05) is 29.8 Å². The van der Waals surface area contributed by atoms with Gasteiger partial charge in [0.05, 0.1) is 17.3 Å². The van der Waals surface area contributed by atoms with Crippen LogP contribution in [0.5, 0.6) is 0 Å². The molecule has 0 spiro atoms. The Balaban J connectivity index is 0.000000775. The Morgan fingerprint density at radius 3 is 2.53 bits per heavy atom. The zero-order valence-corrected chi connectivity index (χ0v) is 19.5. The number of rotatable bonds is 5. The summed E-state index contributed by atoms with van der Waals surface area (Å²) in [7, 11) is 0. The molecule has 2 unspecified atom stereocenters. The summed E-state index contributed by atoms with van der Waals surface area (Å²) in [6, 6.07) is 10.3. The number of nitrogens with zero attached hydrogens (tertiary/aromatic N) is 4. The number of aliphatic hydroxyl groups excluding tert-OH is 1. The number of aliphatic hydroxyl groups is 1. The number of halogens is 1. The van der Waals surface area contributed by atoms with Gasteiger partial charge in [-0.2, -0.15) is 0 Å². The fourth-order valence-electron chi connectivity index (χ4n) is 5.06. The summed E-state index contributed by atoms with van der Waals surface area (Å²) >= 11 is 8.45. The SMILES string of the molecule is Cc1nccc(CN2CC3CN(Cc4sc5ccccc5c4Cl)CC3(CO)C2)n1.O=CO. The van der Waals surface area contributed by atoms with Crippen LogP contribution in [0.4, 0.5) is 0 Å². The third-order valence-electron chi connectivity index (χ3n) is 6.40. The summed E-state index contributed by atoms with van der Waals surface area (Å²) in [5.74, 6) is 1.29. The van der Waals surface area contributed by atoms with E-state index < -0.39 is 0 Å². The van der Waals surface area contributed by atoms with Gasteiger partial charge in [-0.05, 0) is 25.0 Å². The minimum Gasteiger partial charge on any atom is -0.483 e. The molecule has 1 aromatic carbocycles. The zero-order chi connectivity index (χ0) is 22.7. The predicted molar refractivity (Wildman–Crippen MR) is 126 cm³/mol. The highest BCUT2D eigenvalue weighted by molar-refractivity contribution is 7.19. The van der Waals surface area contributed by atoms with Gasteiger partial charge in [0, 0.05) is 65.8 Å². The molecule has 0 saturated carbocycles. The summed E-state index contributed by atoms with van der Waals surface area (Å²) < 4.78 is 1.25. The second kappa shape index (κ2) is 9.80. The van der Waals surface area contributed by atoms with Crippen molar-refractivity contribution < 1.29 is 15.0 Å². The van der Waals surface area contributed by atoms with Gasteiger partial charge in [0.25, 0.3) is 6.47 Å². The van der Waals surface area contributed by atoms with Gasteiger partial charge in [-0.15, -0.1) is 11.3 Å². The Labute approximate surface area is 196 Å². The van der Waals surface area contributed by atoms with E-state index in [1.165, 1.54) is 9.58 Å². The van der Waals surface area contributed by atoms with E-state index in [0.717, 1.165) is 61.2 Å². The van der Waals surface area contributed by atoms with Crippen molar-refractivity contribution in [3.63, 3.8) is 0 Å². The van der Waals surface area contributed by atoms with Crippen molar-refractivity contribution in [3.8, 4) is 0 Å². The minimum absolute atomic E-state index is 0.0504. The van der Waals surface area contributed by atoms with E-state index in [0.29, 0.717) is 5.92 Å². The van der Waals surface area contributed by atoms with Gasteiger partial charge in [0.1, 0.15) is 5.82 Å². The number of thiophene rings is 1. The second-order valence-electron chi connectivity index (χ2n) is 8.59. The average molecular weight is 475 g/mol. The highest BCUT2D eigenvalue weighted by Gasteiger charge is 2.51. The van der Waals surface area contributed by atoms with Crippen molar-refractivity contribution >= 4 is 39.5 Å². The number of aromatic nitrogens is 2. The first-order valence-electron chi connectivity index (χ1n) is 10.6. The topological polar surface area (TPSA) is 89.8 Å². The summed E-state index contributed by atoms with van der Waals surface area (Å²) in [5, 5.41) is 19.2. The fraction of sp³-hybridized carbons (Fsp3) is 0.435. The molecule has 2 aliphatic heterocycles. The first-order chi connectivity index (χ1) is 15.5. The summed E-state index contributed by atoms with van der Waals surface area (Å²) in [6.07, 6.45) is 1.83. The monoisotopic (exact) mass is 474 g/mol. The fourth-order valence-corrected chi connectivity index (χ4v) is 6.59. The molecular weight excluding hydrogens is 448 g/mol. The van der Waals surface area contributed by atoms with Crippen LogP contribution in [0.3, 0.4) is 0 Å². The lowest BCUT2D eigenvalue weighted by molar-refractivity contribution is -0.122. The molecule has 170 valence electrons. The molecule has 7 nitrogen and oxygen atoms in total. The molecule has 2 aliphatic rings. The average Bonchev–Trinajstić information content (AvgIpc) is 3.37. The Morgan fingerprint density at radius 2 is 1.91 bits per heavy atom. The summed E-state index contributed by atoms with van der Waals surface area (Å²) in [6.45, 7) is 7.42. The molecule has 3 aromatic rings. The van der Waals surface area contributed by atoms with Crippen LogP contribution in [-0.2, 0) is 17.9 Å². The van der Waals surface area contributed by atoms with Crippen LogP contribution in [0.1, 0.15) is 16.4 Å². The van der Waals surface area contributed by atoms with Crippen LogP contribution < -0.4 is 0 Å². The molecule has 2 aromatic heterocycles. The van der Waals surface area contributed by atoms with Crippen LogP contribution in [0.15, 0.2) is 36.5 Å². The molecule has 4 heterocycles. The van der Waals surface area contributed by atoms with Crippen LogP contribution in [0.2, 0.25) is 5.02 Å². The van der Waals surface area contributed by atoms with Crippen molar-refractivity contribution in [1.29, 1.82) is 0 Å². The van der Waals surface area contributed by atoms with Crippen LogP contribution in [0.25, 0.3) is 10.1 Å². The number of fused-ring (bicyclic) bond motifs is 2. The number of carbonyl (C=O) groups is 1. The molecule has 2 fully saturated rings. The molecule has 2 N–H and O–H groups in total. The van der Waals surface area contributed by atoms with Gasteiger partial charge < -0.3 is 10.2 Å². The minimum atomic E-state index is -0.250. The van der Waals surface area contributed by atoms with Gasteiger partial charge in [0.2, 0.25) is 0 Å². The molecule has 2 saturated heterocycles. The second-order valence-corrected chi connectivity index (χ2v) is 10.1. The largest absolute Gasteiger partial charge is 0.483 e. The summed E-state index contributed by atoms with van der Waals surface area (Å²) in [4.78, 5) is 23.2. The van der Waals surface area contributed by atoms with E-state index in [4.69, 9.17) is 21.5 Å². The lowest BCUT2D eigenvalue weighted by Gasteiger charge is -2.27. The highest BCUT2D eigenvalue weighted by Crippen LogP contribution is 2.44. The maximum atomic E-state index is 10.3. The number of likely N-dealkylation sites (tertiary alicyclic amines) is 2. The molecule has 9 heteroatoms. The molecule has 0 amide bonds. The Hall–Kier alpha value is -2.10. The van der Waals surface area contributed by atoms with E-state index in [-0.39, 0.29) is 18.5 Å². The van der Waals surface area contributed by atoms with Crippen LogP contribution in [-0.4, -0.2) is 69.2 Å². The quantitative estimate of drug-likeness (QED) is 0.548. The first kappa shape index (κ1) is 23.1. The Kier molecular flexibility index (Phi) is 7.07. The number of benzene rings is 1. The number of aryl methyl sites for hydroxylation is 1. The maximum Gasteiger partial charge on any atom is 0.290 e. The van der Waals surface area contributed by atoms with Gasteiger partial charge in [-0.3, -0.25) is 14.6 Å². The van der Waals surface area contributed by atoms with E-state index >= 15 is 0 Å². The van der Waals surface area contributed by atoms with Gasteiger partial charge in [-0.25, -0.2) is 9.97 Å². The summed E-state index contributed by atoms with van der Waals surface area (Å²) in [5.41, 5.74) is 1.00. The van der Waals surface area contributed by atoms with E-state index in [1.54, 1.807) is 11.3 Å². The predicted octanol–water partition coefficient (Wildman–Crippen LogP) is 3.28. The lowest BCUT2D eigenvalue weighted by Crippen LogP contribution is -2.36.